The minimum Gasteiger partial charge on any atom is -0.289 e. The van der Waals surface area contributed by atoms with Gasteiger partial charge in [0, 0.05) is 17.7 Å². The van der Waals surface area contributed by atoms with Gasteiger partial charge in [-0.25, -0.2) is 0 Å². The Morgan fingerprint density at radius 3 is 1.72 bits per heavy atom. The first-order chi connectivity index (χ1) is 12.1. The van der Waals surface area contributed by atoms with E-state index in [4.69, 9.17) is 0 Å². The molecule has 0 amide bonds. The largest absolute Gasteiger partial charge is 0.289 e. The summed E-state index contributed by atoms with van der Waals surface area (Å²) in [5.74, 6) is 0.317. The van der Waals surface area contributed by atoms with E-state index in [1.54, 1.807) is 0 Å². The van der Waals surface area contributed by atoms with E-state index in [1.807, 2.05) is 60.7 Å². The highest BCUT2D eigenvalue weighted by atomic mass is 32.2. The lowest BCUT2D eigenvalue weighted by Crippen LogP contribution is -2.17. The third-order valence-electron chi connectivity index (χ3n) is 3.73. The number of Topliss-reactive ketones (excluding diaryl/α,β-unsaturated/α-hetero) is 1. The van der Waals surface area contributed by atoms with E-state index in [0.29, 0.717) is 11.3 Å². The van der Waals surface area contributed by atoms with Gasteiger partial charge >= 0.3 is 0 Å². The quantitative estimate of drug-likeness (QED) is 0.284. The van der Waals surface area contributed by atoms with E-state index in [2.05, 4.69) is 0 Å². The highest BCUT2D eigenvalue weighted by Crippen LogP contribution is 2.24. The van der Waals surface area contributed by atoms with Crippen LogP contribution in [-0.4, -0.2) is 16.5 Å². The summed E-state index contributed by atoms with van der Waals surface area (Å²) in [6.45, 7) is 0. The number of hydrogen-bond acceptors (Lipinski definition) is 3. The maximum Gasteiger partial charge on any atom is 0.269 e. The summed E-state index contributed by atoms with van der Waals surface area (Å²) in [6, 6.07) is 25.7. The minimum atomic E-state index is -0.466. The molecule has 0 saturated heterocycles. The van der Waals surface area contributed by atoms with Gasteiger partial charge in [-0.2, -0.15) is 0 Å². The Balaban J connectivity index is 1.87. The molecule has 0 aliphatic rings. The molecular formula is C20H16NO3S+. The first-order valence-corrected chi connectivity index (χ1v) is 9.13. The Labute approximate surface area is 148 Å². The number of hydrogen-bond donors (Lipinski definition) is 0. The Morgan fingerprint density at radius 1 is 0.800 bits per heavy atom. The zero-order chi connectivity index (χ0) is 17.6. The van der Waals surface area contributed by atoms with E-state index in [9.17, 15) is 14.9 Å². The van der Waals surface area contributed by atoms with E-state index in [1.165, 1.54) is 24.3 Å². The van der Waals surface area contributed by atoms with Crippen molar-refractivity contribution in [3.8, 4) is 0 Å². The molecule has 0 bridgehead atoms. The van der Waals surface area contributed by atoms with Crippen molar-refractivity contribution < 1.29 is 9.72 Å². The Kier molecular flexibility index (Phi) is 5.26. The van der Waals surface area contributed by atoms with Crippen molar-refractivity contribution in [2.75, 3.05) is 5.75 Å². The number of rotatable bonds is 6. The molecule has 0 aromatic heterocycles. The van der Waals surface area contributed by atoms with Gasteiger partial charge in [0.05, 0.1) is 15.8 Å². The van der Waals surface area contributed by atoms with Crippen molar-refractivity contribution in [2.24, 2.45) is 0 Å². The van der Waals surface area contributed by atoms with Gasteiger partial charge < -0.3 is 0 Å². The van der Waals surface area contributed by atoms with Gasteiger partial charge in [-0.1, -0.05) is 36.4 Å². The molecule has 3 rings (SSSR count). The number of nitrogens with zero attached hydrogens (tertiary/aromatic N) is 1. The van der Waals surface area contributed by atoms with Crippen LogP contribution in [0.1, 0.15) is 10.4 Å². The van der Waals surface area contributed by atoms with Gasteiger partial charge in [-0.3, -0.25) is 14.9 Å². The smallest absolute Gasteiger partial charge is 0.269 e. The number of nitro benzene ring substituents is 1. The summed E-state index contributed by atoms with van der Waals surface area (Å²) in [5, 5.41) is 10.8. The summed E-state index contributed by atoms with van der Waals surface area (Å²) in [4.78, 5) is 25.2. The molecule has 3 aromatic carbocycles. The zero-order valence-corrected chi connectivity index (χ0v) is 14.2. The molecule has 5 heteroatoms. The number of carbonyl (C=O) groups is 1. The fourth-order valence-corrected chi connectivity index (χ4v) is 4.46. The van der Waals surface area contributed by atoms with Crippen LogP contribution in [0.2, 0.25) is 0 Å². The molecule has 4 nitrogen and oxygen atoms in total. The fraction of sp³-hybridized carbons (Fsp3) is 0.0500. The topological polar surface area (TPSA) is 60.2 Å². The molecule has 0 saturated carbocycles. The number of non-ortho nitro benzene ring substituents is 1. The van der Waals surface area contributed by atoms with E-state index in [-0.39, 0.29) is 22.4 Å². The number of carbonyl (C=O) groups excluding carboxylic acids is 1. The molecule has 0 unspecified atom stereocenters. The lowest BCUT2D eigenvalue weighted by Gasteiger charge is -2.07. The molecule has 25 heavy (non-hydrogen) atoms. The summed E-state index contributed by atoms with van der Waals surface area (Å²) in [6.07, 6.45) is 0. The molecular weight excluding hydrogens is 334 g/mol. The van der Waals surface area contributed by atoms with Crippen LogP contribution < -0.4 is 0 Å². The molecule has 0 radical (unpaired) electrons. The van der Waals surface area contributed by atoms with Crippen LogP contribution in [0.5, 0.6) is 0 Å². The summed E-state index contributed by atoms with van der Waals surface area (Å²) < 4.78 is 0. The van der Waals surface area contributed by atoms with Crippen LogP contribution in [0.25, 0.3) is 0 Å². The van der Waals surface area contributed by atoms with Gasteiger partial charge in [-0.05, 0) is 36.4 Å². The van der Waals surface area contributed by atoms with Gasteiger partial charge in [0.25, 0.3) is 5.69 Å². The van der Waals surface area contributed by atoms with Crippen molar-refractivity contribution in [3.63, 3.8) is 0 Å². The van der Waals surface area contributed by atoms with Crippen molar-refractivity contribution in [2.45, 2.75) is 9.79 Å². The monoisotopic (exact) mass is 350 g/mol. The molecule has 124 valence electrons. The van der Waals surface area contributed by atoms with Crippen molar-refractivity contribution in [1.82, 2.24) is 0 Å². The molecule has 0 heterocycles. The minimum absolute atomic E-state index is 0.0123. The van der Waals surface area contributed by atoms with Crippen molar-refractivity contribution in [1.29, 1.82) is 0 Å². The molecule has 0 aliphatic heterocycles. The molecule has 0 atom stereocenters. The molecule has 0 N–H and O–H groups in total. The Bertz CT molecular complexity index is 825. The van der Waals surface area contributed by atoms with Crippen molar-refractivity contribution >= 4 is 22.4 Å². The maximum absolute atomic E-state index is 12.7. The van der Waals surface area contributed by atoms with Gasteiger partial charge in [0.15, 0.2) is 15.5 Å². The third kappa shape index (κ3) is 4.14. The normalized spacial score (nSPS) is 10.6. The van der Waals surface area contributed by atoms with Crippen LogP contribution in [0, 0.1) is 10.1 Å². The fourth-order valence-electron chi connectivity index (χ4n) is 2.46. The van der Waals surface area contributed by atoms with Crippen LogP contribution in [0.15, 0.2) is 94.7 Å². The first-order valence-electron chi connectivity index (χ1n) is 7.74. The number of benzene rings is 3. The second-order valence-electron chi connectivity index (χ2n) is 5.39. The van der Waals surface area contributed by atoms with Crippen LogP contribution >= 0.6 is 0 Å². The summed E-state index contributed by atoms with van der Waals surface area (Å²) in [7, 11) is -0.379. The summed E-state index contributed by atoms with van der Waals surface area (Å²) in [5.41, 5.74) is 0.483. The second-order valence-corrected chi connectivity index (χ2v) is 7.40. The second kappa shape index (κ2) is 7.77. The van der Waals surface area contributed by atoms with Crippen LogP contribution in [-0.2, 0) is 10.9 Å². The zero-order valence-electron chi connectivity index (χ0n) is 13.4. The molecule has 0 spiro atoms. The molecule has 3 aromatic rings. The van der Waals surface area contributed by atoms with Gasteiger partial charge in [-0.15, -0.1) is 0 Å². The van der Waals surface area contributed by atoms with E-state index in [0.717, 1.165) is 9.79 Å². The van der Waals surface area contributed by atoms with E-state index < -0.39 is 4.92 Å². The predicted molar refractivity (Wildman–Crippen MR) is 99.1 cm³/mol. The lowest BCUT2D eigenvalue weighted by molar-refractivity contribution is -0.384. The van der Waals surface area contributed by atoms with Crippen LogP contribution in [0.4, 0.5) is 5.69 Å². The summed E-state index contributed by atoms with van der Waals surface area (Å²) >= 11 is 0. The average molecular weight is 350 g/mol. The van der Waals surface area contributed by atoms with Crippen LogP contribution in [0.3, 0.4) is 0 Å². The Hall–Kier alpha value is -2.92. The molecule has 0 aliphatic carbocycles. The first kappa shape index (κ1) is 16.9. The molecule has 0 fully saturated rings. The third-order valence-corrected chi connectivity index (χ3v) is 5.96. The predicted octanol–water partition coefficient (Wildman–Crippen LogP) is 4.51. The highest BCUT2D eigenvalue weighted by Gasteiger charge is 2.29. The number of nitro groups is 1. The number of ketones is 1. The average Bonchev–Trinajstić information content (AvgIpc) is 2.67. The van der Waals surface area contributed by atoms with Gasteiger partial charge in [0.1, 0.15) is 0 Å². The maximum atomic E-state index is 12.7. The van der Waals surface area contributed by atoms with Gasteiger partial charge in [0.2, 0.25) is 5.78 Å². The van der Waals surface area contributed by atoms with E-state index >= 15 is 0 Å². The lowest BCUT2D eigenvalue weighted by atomic mass is 10.1. The SMILES string of the molecule is O=C(C[S+](c1ccccc1)c1ccccc1)c1ccc([N+](=O)[O-])cc1. The highest BCUT2D eigenvalue weighted by molar-refractivity contribution is 7.97. The Morgan fingerprint density at radius 2 is 1.28 bits per heavy atom. The standard InChI is InChI=1S/C20H16NO3S/c22-20(16-11-13-17(14-12-16)21(23)24)15-25(18-7-3-1-4-8-18)19-9-5-2-6-10-19/h1-14H,15H2/q+1. The van der Waals surface area contributed by atoms with Crippen molar-refractivity contribution in [3.05, 3.63) is 101 Å².